The zero-order valence-corrected chi connectivity index (χ0v) is 18.2. The van der Waals surface area contributed by atoms with E-state index in [1.54, 1.807) is 12.1 Å². The van der Waals surface area contributed by atoms with Crippen LogP contribution in [0.25, 0.3) is 0 Å². The number of guanidine groups is 1. The average molecular weight is 483 g/mol. The quantitative estimate of drug-likeness (QED) is 0.209. The van der Waals surface area contributed by atoms with E-state index in [1.807, 2.05) is 30.3 Å². The maximum Gasteiger partial charge on any atom is 0.191 e. The van der Waals surface area contributed by atoms with Crippen LogP contribution in [0.5, 0.6) is 5.75 Å². The summed E-state index contributed by atoms with van der Waals surface area (Å²) >= 11 is 0. The summed E-state index contributed by atoms with van der Waals surface area (Å²) in [5.74, 6) is 1.13. The van der Waals surface area contributed by atoms with Gasteiger partial charge in [-0.05, 0) is 43.0 Å². The number of phenols is 1. The minimum absolute atomic E-state index is 0. The molecule has 0 saturated carbocycles. The highest BCUT2D eigenvalue weighted by molar-refractivity contribution is 14.0. The number of halogens is 1. The van der Waals surface area contributed by atoms with E-state index in [0.29, 0.717) is 19.0 Å². The van der Waals surface area contributed by atoms with Gasteiger partial charge in [-0.25, -0.2) is 0 Å². The van der Waals surface area contributed by atoms with Crippen molar-refractivity contribution in [2.24, 2.45) is 4.99 Å². The Balaban J connectivity index is 0.00000364. The van der Waals surface area contributed by atoms with Gasteiger partial charge in [-0.2, -0.15) is 0 Å². The van der Waals surface area contributed by atoms with Gasteiger partial charge in [0.05, 0.1) is 13.2 Å². The van der Waals surface area contributed by atoms with Crippen LogP contribution in [-0.2, 0) is 17.8 Å². The molecule has 148 valence electrons. The molecule has 0 amide bonds. The number of aromatic hydroxyl groups is 1. The molecule has 0 heterocycles. The summed E-state index contributed by atoms with van der Waals surface area (Å²) in [5, 5.41) is 15.8. The Morgan fingerprint density at radius 1 is 1.00 bits per heavy atom. The Bertz CT molecular complexity index is 648. The summed E-state index contributed by atoms with van der Waals surface area (Å²) in [6.45, 7) is 5.61. The second kappa shape index (κ2) is 14.3. The van der Waals surface area contributed by atoms with Crippen molar-refractivity contribution in [3.8, 4) is 5.75 Å². The molecular formula is C21H30IN3O2. The van der Waals surface area contributed by atoms with Crippen molar-refractivity contribution >= 4 is 29.9 Å². The van der Waals surface area contributed by atoms with E-state index in [1.165, 1.54) is 11.1 Å². The van der Waals surface area contributed by atoms with E-state index in [9.17, 15) is 5.11 Å². The fraction of sp³-hybridized carbons (Fsp3) is 0.381. The normalized spacial score (nSPS) is 10.9. The predicted molar refractivity (Wildman–Crippen MR) is 122 cm³/mol. The summed E-state index contributed by atoms with van der Waals surface area (Å²) < 4.78 is 5.68. The highest BCUT2D eigenvalue weighted by atomic mass is 127. The number of aliphatic imine (C=N–C) groups is 1. The summed E-state index contributed by atoms with van der Waals surface area (Å²) in [6, 6.07) is 17.5. The van der Waals surface area contributed by atoms with Crippen LogP contribution >= 0.6 is 24.0 Å². The lowest BCUT2D eigenvalue weighted by Gasteiger charge is -2.11. The topological polar surface area (TPSA) is 65.9 Å². The standard InChI is InChI=1S/C21H29N3O2.HI/c1-2-22-21(23-14-6-9-18-10-12-20(25)13-11-18)24-15-16-26-17-19-7-4-3-5-8-19;/h3-5,7-8,10-13,25H,2,6,9,14-17H2,1H3,(H2,22,23,24);1H. The largest absolute Gasteiger partial charge is 0.508 e. The van der Waals surface area contributed by atoms with Crippen molar-refractivity contribution < 1.29 is 9.84 Å². The summed E-state index contributed by atoms with van der Waals surface area (Å²) in [7, 11) is 0. The Morgan fingerprint density at radius 3 is 2.44 bits per heavy atom. The van der Waals surface area contributed by atoms with Gasteiger partial charge in [0.25, 0.3) is 0 Å². The first kappa shape index (κ1) is 23.2. The van der Waals surface area contributed by atoms with Gasteiger partial charge in [-0.3, -0.25) is 4.99 Å². The average Bonchev–Trinajstić information content (AvgIpc) is 2.67. The lowest BCUT2D eigenvalue weighted by molar-refractivity contribution is 0.125. The lowest BCUT2D eigenvalue weighted by Crippen LogP contribution is -2.39. The van der Waals surface area contributed by atoms with Crippen LogP contribution in [-0.4, -0.2) is 37.3 Å². The van der Waals surface area contributed by atoms with Crippen LogP contribution in [0.4, 0.5) is 0 Å². The number of phenolic OH excluding ortho intramolecular Hbond substituents is 1. The van der Waals surface area contributed by atoms with E-state index >= 15 is 0 Å². The molecular weight excluding hydrogens is 453 g/mol. The molecule has 0 atom stereocenters. The number of ether oxygens (including phenoxy) is 1. The Kier molecular flexibility index (Phi) is 12.3. The first-order valence-corrected chi connectivity index (χ1v) is 9.19. The van der Waals surface area contributed by atoms with Gasteiger partial charge in [0.15, 0.2) is 5.96 Å². The highest BCUT2D eigenvalue weighted by Crippen LogP contribution is 2.11. The van der Waals surface area contributed by atoms with Crippen LogP contribution in [0.2, 0.25) is 0 Å². The van der Waals surface area contributed by atoms with Gasteiger partial charge in [0, 0.05) is 19.6 Å². The number of nitrogens with one attached hydrogen (secondary N) is 2. The summed E-state index contributed by atoms with van der Waals surface area (Å²) in [6.07, 6.45) is 1.91. The van der Waals surface area contributed by atoms with E-state index in [4.69, 9.17) is 4.74 Å². The number of benzene rings is 2. The Labute approximate surface area is 179 Å². The molecule has 0 aliphatic rings. The fourth-order valence-electron chi connectivity index (χ4n) is 2.48. The molecule has 6 heteroatoms. The molecule has 0 aliphatic carbocycles. The molecule has 0 unspecified atom stereocenters. The molecule has 3 N–H and O–H groups in total. The summed E-state index contributed by atoms with van der Waals surface area (Å²) in [5.41, 5.74) is 2.40. The minimum atomic E-state index is 0. The van der Waals surface area contributed by atoms with E-state index in [-0.39, 0.29) is 24.0 Å². The predicted octanol–water partition coefficient (Wildman–Crippen LogP) is 3.71. The van der Waals surface area contributed by atoms with Crippen LogP contribution in [0.1, 0.15) is 24.5 Å². The first-order valence-electron chi connectivity index (χ1n) is 9.19. The van der Waals surface area contributed by atoms with Gasteiger partial charge >= 0.3 is 0 Å². The molecule has 0 radical (unpaired) electrons. The van der Waals surface area contributed by atoms with Crippen molar-refractivity contribution in [2.75, 3.05) is 26.2 Å². The SMILES string of the molecule is CCNC(=NCCCc1ccc(O)cc1)NCCOCc1ccccc1.I. The maximum absolute atomic E-state index is 9.30. The maximum atomic E-state index is 9.30. The minimum Gasteiger partial charge on any atom is -0.508 e. The van der Waals surface area contributed by atoms with Gasteiger partial charge < -0.3 is 20.5 Å². The second-order valence-electron chi connectivity index (χ2n) is 6.00. The first-order chi connectivity index (χ1) is 12.8. The number of hydrogen-bond donors (Lipinski definition) is 3. The molecule has 2 rings (SSSR count). The molecule has 0 bridgehead atoms. The van der Waals surface area contributed by atoms with E-state index < -0.39 is 0 Å². The van der Waals surface area contributed by atoms with Crippen molar-refractivity contribution in [1.29, 1.82) is 0 Å². The lowest BCUT2D eigenvalue weighted by atomic mass is 10.1. The number of aryl methyl sites for hydroxylation is 1. The monoisotopic (exact) mass is 483 g/mol. The molecule has 2 aromatic rings. The van der Waals surface area contributed by atoms with E-state index in [2.05, 4.69) is 34.7 Å². The highest BCUT2D eigenvalue weighted by Gasteiger charge is 1.98. The number of nitrogens with zero attached hydrogens (tertiary/aromatic N) is 1. The molecule has 27 heavy (non-hydrogen) atoms. The zero-order valence-electron chi connectivity index (χ0n) is 15.9. The van der Waals surface area contributed by atoms with Gasteiger partial charge in [-0.1, -0.05) is 42.5 Å². The second-order valence-corrected chi connectivity index (χ2v) is 6.00. The Hall–Kier alpha value is -1.80. The van der Waals surface area contributed by atoms with Crippen LogP contribution in [0.15, 0.2) is 59.6 Å². The smallest absolute Gasteiger partial charge is 0.191 e. The Morgan fingerprint density at radius 2 is 1.74 bits per heavy atom. The fourth-order valence-corrected chi connectivity index (χ4v) is 2.48. The molecule has 2 aromatic carbocycles. The molecule has 0 fully saturated rings. The third-order valence-electron chi connectivity index (χ3n) is 3.82. The van der Waals surface area contributed by atoms with Gasteiger partial charge in [0.1, 0.15) is 5.75 Å². The van der Waals surface area contributed by atoms with Crippen molar-refractivity contribution in [1.82, 2.24) is 10.6 Å². The molecule has 5 nitrogen and oxygen atoms in total. The zero-order chi connectivity index (χ0) is 18.5. The van der Waals surface area contributed by atoms with Crippen molar-refractivity contribution in [3.63, 3.8) is 0 Å². The molecule has 0 spiro atoms. The number of rotatable bonds is 10. The van der Waals surface area contributed by atoms with E-state index in [0.717, 1.165) is 38.4 Å². The van der Waals surface area contributed by atoms with Crippen LogP contribution < -0.4 is 10.6 Å². The number of hydrogen-bond acceptors (Lipinski definition) is 3. The van der Waals surface area contributed by atoms with Crippen LogP contribution in [0.3, 0.4) is 0 Å². The van der Waals surface area contributed by atoms with Crippen LogP contribution in [0, 0.1) is 0 Å². The third-order valence-corrected chi connectivity index (χ3v) is 3.82. The van der Waals surface area contributed by atoms with Crippen molar-refractivity contribution in [2.45, 2.75) is 26.4 Å². The van der Waals surface area contributed by atoms with Crippen molar-refractivity contribution in [3.05, 3.63) is 65.7 Å². The summed E-state index contributed by atoms with van der Waals surface area (Å²) in [4.78, 5) is 4.59. The van der Waals surface area contributed by atoms with Gasteiger partial charge in [-0.15, -0.1) is 24.0 Å². The third kappa shape index (κ3) is 10.2. The van der Waals surface area contributed by atoms with Gasteiger partial charge in [0.2, 0.25) is 0 Å². The molecule has 0 aromatic heterocycles. The molecule has 0 aliphatic heterocycles. The molecule has 0 saturated heterocycles.